The average molecular weight is 238 g/mol. The van der Waals surface area contributed by atoms with Gasteiger partial charge in [0, 0.05) is 0 Å². The van der Waals surface area contributed by atoms with E-state index in [4.69, 9.17) is 0 Å². The molecule has 2 rings (SSSR count). The van der Waals surface area contributed by atoms with E-state index in [-0.39, 0.29) is 11.5 Å². The molecule has 1 aromatic rings. The van der Waals surface area contributed by atoms with Crippen molar-refractivity contribution in [2.75, 3.05) is 0 Å². The molecule has 1 aliphatic carbocycles. The number of hydrogen-bond acceptors (Lipinski definition) is 2. The summed E-state index contributed by atoms with van der Waals surface area (Å²) in [4.78, 5) is 11.2. The topological polar surface area (TPSA) is 37.3 Å². The third-order valence-electron chi connectivity index (χ3n) is 2.71. The summed E-state index contributed by atoms with van der Waals surface area (Å²) in [6.07, 6.45) is 8.69. The van der Waals surface area contributed by atoms with E-state index in [9.17, 15) is 9.90 Å². The number of benzene rings is 1. The van der Waals surface area contributed by atoms with Crippen molar-refractivity contribution in [3.63, 3.8) is 0 Å². The molecule has 90 valence electrons. The normalized spacial score (nSPS) is 18.1. The Morgan fingerprint density at radius 1 is 1.11 bits per heavy atom. The summed E-state index contributed by atoms with van der Waals surface area (Å²) < 4.78 is 0. The first-order valence-electron chi connectivity index (χ1n) is 5.74. The third kappa shape index (κ3) is 2.86. The van der Waals surface area contributed by atoms with Crippen molar-refractivity contribution in [1.29, 1.82) is 0 Å². The van der Waals surface area contributed by atoms with Crippen LogP contribution in [0.25, 0.3) is 6.08 Å². The summed E-state index contributed by atoms with van der Waals surface area (Å²) >= 11 is 0. The minimum atomic E-state index is -0.336. The van der Waals surface area contributed by atoms with Gasteiger partial charge in [-0.25, -0.2) is 0 Å². The van der Waals surface area contributed by atoms with Crippen LogP contribution in [0.2, 0.25) is 0 Å². The fraction of sp³-hybridized carbons (Fsp3) is 0.0625. The lowest BCUT2D eigenvalue weighted by Gasteiger charge is -2.08. The molecule has 1 N–H and O–H groups in total. The van der Waals surface area contributed by atoms with Gasteiger partial charge in [0.2, 0.25) is 5.78 Å². The largest absolute Gasteiger partial charge is 0.504 e. The summed E-state index contributed by atoms with van der Waals surface area (Å²) in [5, 5.41) is 9.38. The molecular formula is C16H14O2. The van der Waals surface area contributed by atoms with Gasteiger partial charge in [-0.3, -0.25) is 4.79 Å². The standard InChI is InChI=1S/C16H14O2/c1-12-10-15(17)16(18)11-14(12)9-5-8-13-6-3-2-4-7-13/h2-11,18H,1H3/b8-5-,14-9-. The van der Waals surface area contributed by atoms with E-state index in [1.165, 1.54) is 12.2 Å². The van der Waals surface area contributed by atoms with Crippen molar-refractivity contribution in [3.05, 3.63) is 77.1 Å². The molecule has 0 saturated heterocycles. The number of ketones is 1. The number of hydrogen-bond donors (Lipinski definition) is 1. The van der Waals surface area contributed by atoms with Crippen LogP contribution in [-0.2, 0) is 4.79 Å². The molecule has 2 heteroatoms. The molecule has 1 aliphatic rings. The van der Waals surface area contributed by atoms with Crippen LogP contribution in [0.5, 0.6) is 0 Å². The molecule has 0 aromatic heterocycles. The molecule has 0 unspecified atom stereocenters. The Labute approximate surface area is 106 Å². The van der Waals surface area contributed by atoms with E-state index in [2.05, 4.69) is 0 Å². The van der Waals surface area contributed by atoms with Crippen LogP contribution in [0.1, 0.15) is 12.5 Å². The summed E-state index contributed by atoms with van der Waals surface area (Å²) in [7, 11) is 0. The van der Waals surface area contributed by atoms with Gasteiger partial charge in [0.1, 0.15) is 0 Å². The van der Waals surface area contributed by atoms with Crippen LogP contribution in [0.3, 0.4) is 0 Å². The van der Waals surface area contributed by atoms with Crippen molar-refractivity contribution < 1.29 is 9.90 Å². The molecule has 18 heavy (non-hydrogen) atoms. The first-order valence-corrected chi connectivity index (χ1v) is 5.74. The van der Waals surface area contributed by atoms with Gasteiger partial charge in [0.05, 0.1) is 0 Å². The molecular weight excluding hydrogens is 224 g/mol. The highest BCUT2D eigenvalue weighted by atomic mass is 16.3. The SMILES string of the molecule is CC1=CC(=O)C(O)=C/C1=C/C=C\c1ccccc1. The Bertz CT molecular complexity index is 572. The molecule has 0 aliphatic heterocycles. The number of aliphatic hydroxyl groups excluding tert-OH is 1. The summed E-state index contributed by atoms with van der Waals surface area (Å²) in [5.41, 5.74) is 2.81. The summed E-state index contributed by atoms with van der Waals surface area (Å²) in [6, 6.07) is 9.94. The monoisotopic (exact) mass is 238 g/mol. The van der Waals surface area contributed by atoms with Crippen molar-refractivity contribution >= 4 is 11.9 Å². The number of carbonyl (C=O) groups excluding carboxylic acids is 1. The maximum Gasteiger partial charge on any atom is 0.220 e. The molecule has 0 fully saturated rings. The molecule has 1 aromatic carbocycles. The van der Waals surface area contributed by atoms with Crippen molar-refractivity contribution in [3.8, 4) is 0 Å². The molecule has 0 bridgehead atoms. The Kier molecular flexibility index (Phi) is 3.58. The second-order valence-corrected chi connectivity index (χ2v) is 4.11. The number of aliphatic hydroxyl groups is 1. The minimum absolute atomic E-state index is 0.208. The van der Waals surface area contributed by atoms with Crippen LogP contribution >= 0.6 is 0 Å². The van der Waals surface area contributed by atoms with Gasteiger partial charge in [-0.2, -0.15) is 0 Å². The maximum absolute atomic E-state index is 11.2. The number of rotatable bonds is 2. The van der Waals surface area contributed by atoms with E-state index in [0.717, 1.165) is 16.7 Å². The second kappa shape index (κ2) is 5.32. The Balaban J connectivity index is 2.18. The maximum atomic E-state index is 11.2. The molecule has 0 atom stereocenters. The first kappa shape index (κ1) is 12.1. The number of allylic oxidation sites excluding steroid dienone is 6. The molecule has 0 amide bonds. The minimum Gasteiger partial charge on any atom is -0.504 e. The zero-order valence-electron chi connectivity index (χ0n) is 10.1. The van der Waals surface area contributed by atoms with E-state index in [1.807, 2.05) is 55.5 Å². The quantitative estimate of drug-likeness (QED) is 0.854. The third-order valence-corrected chi connectivity index (χ3v) is 2.71. The van der Waals surface area contributed by atoms with Crippen molar-refractivity contribution in [1.82, 2.24) is 0 Å². The van der Waals surface area contributed by atoms with Crippen LogP contribution in [0.15, 0.2) is 71.5 Å². The van der Waals surface area contributed by atoms with E-state index in [1.54, 1.807) is 0 Å². The smallest absolute Gasteiger partial charge is 0.220 e. The Morgan fingerprint density at radius 2 is 1.83 bits per heavy atom. The Hall–Kier alpha value is -2.35. The second-order valence-electron chi connectivity index (χ2n) is 4.11. The first-order chi connectivity index (χ1) is 8.66. The lowest BCUT2D eigenvalue weighted by molar-refractivity contribution is -0.113. The zero-order chi connectivity index (χ0) is 13.0. The lowest BCUT2D eigenvalue weighted by atomic mass is 9.99. The van der Waals surface area contributed by atoms with Gasteiger partial charge in [-0.1, -0.05) is 48.6 Å². The fourth-order valence-electron chi connectivity index (χ4n) is 1.69. The predicted molar refractivity (Wildman–Crippen MR) is 73.0 cm³/mol. The summed E-state index contributed by atoms with van der Waals surface area (Å²) in [6.45, 7) is 1.85. The molecule has 2 nitrogen and oxygen atoms in total. The molecule has 0 saturated carbocycles. The Morgan fingerprint density at radius 3 is 2.56 bits per heavy atom. The van der Waals surface area contributed by atoms with Crippen molar-refractivity contribution in [2.45, 2.75) is 6.92 Å². The highest BCUT2D eigenvalue weighted by molar-refractivity contribution is 6.05. The highest BCUT2D eigenvalue weighted by Gasteiger charge is 2.12. The van der Waals surface area contributed by atoms with Gasteiger partial charge < -0.3 is 5.11 Å². The fourth-order valence-corrected chi connectivity index (χ4v) is 1.69. The van der Waals surface area contributed by atoms with Crippen LogP contribution in [0, 0.1) is 0 Å². The van der Waals surface area contributed by atoms with Gasteiger partial charge >= 0.3 is 0 Å². The van der Waals surface area contributed by atoms with E-state index < -0.39 is 0 Å². The van der Waals surface area contributed by atoms with Gasteiger partial charge in [0.15, 0.2) is 5.76 Å². The highest BCUT2D eigenvalue weighted by Crippen LogP contribution is 2.19. The predicted octanol–water partition coefficient (Wildman–Crippen LogP) is 3.60. The van der Waals surface area contributed by atoms with Gasteiger partial charge in [0.25, 0.3) is 0 Å². The van der Waals surface area contributed by atoms with Crippen LogP contribution < -0.4 is 0 Å². The van der Waals surface area contributed by atoms with Gasteiger partial charge in [-0.15, -0.1) is 0 Å². The van der Waals surface area contributed by atoms with Crippen LogP contribution in [0.4, 0.5) is 0 Å². The number of carbonyl (C=O) groups is 1. The lowest BCUT2D eigenvalue weighted by Crippen LogP contribution is -2.05. The van der Waals surface area contributed by atoms with Crippen LogP contribution in [-0.4, -0.2) is 10.9 Å². The van der Waals surface area contributed by atoms with Crippen molar-refractivity contribution in [2.24, 2.45) is 0 Å². The van der Waals surface area contributed by atoms with E-state index in [0.29, 0.717) is 0 Å². The summed E-state index contributed by atoms with van der Waals surface area (Å²) in [5.74, 6) is -0.545. The van der Waals surface area contributed by atoms with Gasteiger partial charge in [-0.05, 0) is 35.8 Å². The molecule has 0 heterocycles. The molecule has 0 radical (unpaired) electrons. The average Bonchev–Trinajstić information content (AvgIpc) is 2.37. The molecule has 0 spiro atoms. The van der Waals surface area contributed by atoms with E-state index >= 15 is 0 Å². The zero-order valence-corrected chi connectivity index (χ0v) is 10.1.